The third-order valence-corrected chi connectivity index (χ3v) is 4.08. The second-order valence-corrected chi connectivity index (χ2v) is 6.13. The number of sulfonamides is 1. The standard InChI is InChI=1S/C15H16N2O2S/c1-12-8-10-15(11-9-12)20(18,19)17-16-13(2)14-6-4-3-5-7-14/h3-11,17H,1-2H3/b16-13+. The molecule has 2 rings (SSSR count). The van der Waals surface area contributed by atoms with Gasteiger partial charge >= 0.3 is 0 Å². The first kappa shape index (κ1) is 14.3. The molecule has 0 unspecified atom stereocenters. The van der Waals surface area contributed by atoms with Crippen molar-refractivity contribution >= 4 is 15.7 Å². The summed E-state index contributed by atoms with van der Waals surface area (Å²) in [5.74, 6) is 0. The van der Waals surface area contributed by atoms with Crippen LogP contribution in [-0.2, 0) is 10.0 Å². The summed E-state index contributed by atoms with van der Waals surface area (Å²) in [7, 11) is -3.62. The third-order valence-electron chi connectivity index (χ3n) is 2.86. The molecule has 0 radical (unpaired) electrons. The number of hydrogen-bond donors (Lipinski definition) is 1. The minimum Gasteiger partial charge on any atom is -0.200 e. The molecule has 0 bridgehead atoms. The molecule has 0 saturated carbocycles. The first-order chi connectivity index (χ1) is 9.49. The van der Waals surface area contributed by atoms with Gasteiger partial charge in [0.25, 0.3) is 10.0 Å². The summed E-state index contributed by atoms with van der Waals surface area (Å²) in [4.78, 5) is 2.45. The van der Waals surface area contributed by atoms with E-state index >= 15 is 0 Å². The molecule has 20 heavy (non-hydrogen) atoms. The summed E-state index contributed by atoms with van der Waals surface area (Å²) in [6.45, 7) is 3.66. The van der Waals surface area contributed by atoms with E-state index in [0.29, 0.717) is 5.71 Å². The molecule has 5 heteroatoms. The molecule has 0 heterocycles. The van der Waals surface area contributed by atoms with Crippen molar-refractivity contribution < 1.29 is 8.42 Å². The van der Waals surface area contributed by atoms with Crippen molar-refractivity contribution in [2.45, 2.75) is 18.7 Å². The van der Waals surface area contributed by atoms with Gasteiger partial charge in [0.2, 0.25) is 0 Å². The number of benzene rings is 2. The number of nitrogens with zero attached hydrogens (tertiary/aromatic N) is 1. The van der Waals surface area contributed by atoms with E-state index in [9.17, 15) is 8.42 Å². The molecular formula is C15H16N2O2S. The summed E-state index contributed by atoms with van der Waals surface area (Å²) in [5, 5.41) is 3.94. The van der Waals surface area contributed by atoms with Gasteiger partial charge < -0.3 is 0 Å². The second kappa shape index (κ2) is 5.88. The van der Waals surface area contributed by atoms with Crippen LogP contribution in [0, 0.1) is 6.92 Å². The summed E-state index contributed by atoms with van der Waals surface area (Å²) >= 11 is 0. The van der Waals surface area contributed by atoms with Crippen molar-refractivity contribution in [1.82, 2.24) is 4.83 Å². The highest BCUT2D eigenvalue weighted by atomic mass is 32.2. The van der Waals surface area contributed by atoms with Crippen molar-refractivity contribution in [3.8, 4) is 0 Å². The van der Waals surface area contributed by atoms with Crippen molar-refractivity contribution in [3.63, 3.8) is 0 Å². The lowest BCUT2D eigenvalue weighted by molar-refractivity contribution is 0.584. The molecule has 2 aromatic carbocycles. The van der Waals surface area contributed by atoms with E-state index < -0.39 is 10.0 Å². The van der Waals surface area contributed by atoms with Crippen LogP contribution in [-0.4, -0.2) is 14.1 Å². The lowest BCUT2D eigenvalue weighted by atomic mass is 10.1. The predicted molar refractivity (Wildman–Crippen MR) is 80.2 cm³/mol. The van der Waals surface area contributed by atoms with Crippen LogP contribution in [0.15, 0.2) is 64.6 Å². The highest BCUT2D eigenvalue weighted by molar-refractivity contribution is 7.89. The molecule has 0 saturated heterocycles. The van der Waals surface area contributed by atoms with E-state index in [4.69, 9.17) is 0 Å². The molecular weight excluding hydrogens is 272 g/mol. The highest BCUT2D eigenvalue weighted by Crippen LogP contribution is 2.10. The Morgan fingerprint density at radius 2 is 1.60 bits per heavy atom. The van der Waals surface area contributed by atoms with Crippen molar-refractivity contribution in [2.75, 3.05) is 0 Å². The maximum absolute atomic E-state index is 12.1. The quantitative estimate of drug-likeness (QED) is 0.694. The van der Waals surface area contributed by atoms with E-state index in [1.165, 1.54) is 0 Å². The Hall–Kier alpha value is -2.14. The van der Waals surface area contributed by atoms with Crippen molar-refractivity contribution in [1.29, 1.82) is 0 Å². The summed E-state index contributed by atoms with van der Waals surface area (Å²) in [6, 6.07) is 16.0. The van der Waals surface area contributed by atoms with E-state index in [0.717, 1.165) is 11.1 Å². The highest BCUT2D eigenvalue weighted by Gasteiger charge is 2.12. The van der Waals surface area contributed by atoms with Gasteiger partial charge in [-0.25, -0.2) is 0 Å². The maximum Gasteiger partial charge on any atom is 0.276 e. The summed E-state index contributed by atoms with van der Waals surface area (Å²) < 4.78 is 24.1. The molecule has 2 aromatic rings. The average Bonchev–Trinajstić information content (AvgIpc) is 2.46. The molecule has 0 amide bonds. The Morgan fingerprint density at radius 3 is 2.20 bits per heavy atom. The van der Waals surface area contributed by atoms with Crippen LogP contribution in [0.3, 0.4) is 0 Å². The molecule has 4 nitrogen and oxygen atoms in total. The zero-order chi connectivity index (χ0) is 14.6. The van der Waals surface area contributed by atoms with Gasteiger partial charge in [0.1, 0.15) is 0 Å². The van der Waals surface area contributed by atoms with Gasteiger partial charge in [-0.1, -0.05) is 48.0 Å². The number of hydrogen-bond acceptors (Lipinski definition) is 3. The summed E-state index contributed by atoms with van der Waals surface area (Å²) in [6.07, 6.45) is 0. The number of aryl methyl sites for hydroxylation is 1. The predicted octanol–water partition coefficient (Wildman–Crippen LogP) is 2.70. The monoisotopic (exact) mass is 288 g/mol. The second-order valence-electron chi connectivity index (χ2n) is 4.47. The van der Waals surface area contributed by atoms with Crippen LogP contribution in [0.2, 0.25) is 0 Å². The number of hydrazone groups is 1. The number of rotatable bonds is 4. The van der Waals surface area contributed by atoms with E-state index in [-0.39, 0.29) is 4.90 Å². The SMILES string of the molecule is C/C(=N\NS(=O)(=O)c1ccc(C)cc1)c1ccccc1. The van der Waals surface area contributed by atoms with Gasteiger partial charge in [-0.2, -0.15) is 18.4 Å². The Morgan fingerprint density at radius 1 is 1.00 bits per heavy atom. The van der Waals surface area contributed by atoms with Gasteiger partial charge in [0.15, 0.2) is 0 Å². The average molecular weight is 288 g/mol. The van der Waals surface area contributed by atoms with Gasteiger partial charge in [-0.05, 0) is 31.5 Å². The molecule has 0 spiro atoms. The van der Waals surface area contributed by atoms with Crippen LogP contribution < -0.4 is 4.83 Å². The Kier molecular flexibility index (Phi) is 4.20. The zero-order valence-corrected chi connectivity index (χ0v) is 12.2. The van der Waals surface area contributed by atoms with Crippen LogP contribution in [0.25, 0.3) is 0 Å². The molecule has 0 aromatic heterocycles. The largest absolute Gasteiger partial charge is 0.276 e. The normalized spacial score (nSPS) is 12.2. The minimum absolute atomic E-state index is 0.202. The first-order valence-corrected chi connectivity index (χ1v) is 7.65. The van der Waals surface area contributed by atoms with Crippen LogP contribution in [0.5, 0.6) is 0 Å². The fourth-order valence-corrected chi connectivity index (χ4v) is 2.50. The first-order valence-electron chi connectivity index (χ1n) is 6.17. The molecule has 0 fully saturated rings. The Labute approximate surface area is 119 Å². The molecule has 0 aliphatic heterocycles. The zero-order valence-electron chi connectivity index (χ0n) is 11.4. The summed E-state index contributed by atoms with van der Waals surface area (Å²) in [5.41, 5.74) is 2.49. The topological polar surface area (TPSA) is 58.5 Å². The van der Waals surface area contributed by atoms with E-state index in [1.54, 1.807) is 31.2 Å². The maximum atomic E-state index is 12.1. The minimum atomic E-state index is -3.62. The molecule has 0 aliphatic rings. The molecule has 1 N–H and O–H groups in total. The van der Waals surface area contributed by atoms with Crippen molar-refractivity contribution in [3.05, 3.63) is 65.7 Å². The van der Waals surface area contributed by atoms with Gasteiger partial charge in [0, 0.05) is 0 Å². The third kappa shape index (κ3) is 3.45. The Bertz CT molecular complexity index is 705. The van der Waals surface area contributed by atoms with Crippen LogP contribution >= 0.6 is 0 Å². The molecule has 0 atom stereocenters. The Balaban J connectivity index is 2.19. The molecule has 104 valence electrons. The fraction of sp³-hybridized carbons (Fsp3) is 0.133. The van der Waals surface area contributed by atoms with Crippen molar-refractivity contribution in [2.24, 2.45) is 5.10 Å². The number of nitrogens with one attached hydrogen (secondary N) is 1. The van der Waals surface area contributed by atoms with E-state index in [2.05, 4.69) is 9.93 Å². The lowest BCUT2D eigenvalue weighted by Gasteiger charge is -2.05. The molecule has 0 aliphatic carbocycles. The van der Waals surface area contributed by atoms with Crippen LogP contribution in [0.1, 0.15) is 18.1 Å². The van der Waals surface area contributed by atoms with Crippen LogP contribution in [0.4, 0.5) is 0 Å². The van der Waals surface area contributed by atoms with Gasteiger partial charge in [0.05, 0.1) is 10.6 Å². The fourth-order valence-electron chi connectivity index (χ4n) is 1.64. The van der Waals surface area contributed by atoms with E-state index in [1.807, 2.05) is 37.3 Å². The lowest BCUT2D eigenvalue weighted by Crippen LogP contribution is -2.19. The van der Waals surface area contributed by atoms with Gasteiger partial charge in [-0.15, -0.1) is 0 Å². The van der Waals surface area contributed by atoms with Gasteiger partial charge in [-0.3, -0.25) is 0 Å². The smallest absolute Gasteiger partial charge is 0.200 e.